The van der Waals surface area contributed by atoms with Gasteiger partial charge in [-0.1, -0.05) is 6.07 Å². The highest BCUT2D eigenvalue weighted by atomic mass is 16.5. The van der Waals surface area contributed by atoms with Gasteiger partial charge in [-0.15, -0.1) is 0 Å². The second-order valence-corrected chi connectivity index (χ2v) is 6.49. The molecule has 132 valence electrons. The van der Waals surface area contributed by atoms with Gasteiger partial charge in [-0.05, 0) is 37.5 Å². The van der Waals surface area contributed by atoms with Crippen LogP contribution in [0.25, 0.3) is 0 Å². The molecule has 3 rings (SSSR count). The molecule has 0 aliphatic carbocycles. The van der Waals surface area contributed by atoms with Gasteiger partial charge in [0.05, 0.1) is 19.8 Å². The van der Waals surface area contributed by atoms with Gasteiger partial charge in [-0.2, -0.15) is 0 Å². The zero-order valence-electron chi connectivity index (χ0n) is 14.5. The van der Waals surface area contributed by atoms with E-state index >= 15 is 0 Å². The molecule has 0 radical (unpaired) electrons. The van der Waals surface area contributed by atoms with E-state index in [1.165, 1.54) is 0 Å². The van der Waals surface area contributed by atoms with Crippen LogP contribution < -0.4 is 9.47 Å². The van der Waals surface area contributed by atoms with Crippen LogP contribution in [-0.2, 0) is 16.0 Å². The molecule has 0 N–H and O–H groups in total. The van der Waals surface area contributed by atoms with Gasteiger partial charge in [0, 0.05) is 38.5 Å². The van der Waals surface area contributed by atoms with Crippen LogP contribution in [0.2, 0.25) is 0 Å². The van der Waals surface area contributed by atoms with Gasteiger partial charge >= 0.3 is 0 Å². The predicted octanol–water partition coefficient (Wildman–Crippen LogP) is 2.67. The Morgan fingerprint density at radius 1 is 1.21 bits per heavy atom. The largest absolute Gasteiger partial charge is 0.490 e. The number of nitrogens with zero attached hydrogens (tertiary/aromatic N) is 1. The van der Waals surface area contributed by atoms with Gasteiger partial charge in [-0.3, -0.25) is 4.79 Å². The Balaban J connectivity index is 1.54. The molecule has 24 heavy (non-hydrogen) atoms. The van der Waals surface area contributed by atoms with Crippen LogP contribution in [0.1, 0.15) is 31.7 Å². The third-order valence-corrected chi connectivity index (χ3v) is 4.68. The van der Waals surface area contributed by atoms with Crippen LogP contribution in [0.4, 0.5) is 0 Å². The highest BCUT2D eigenvalue weighted by molar-refractivity contribution is 5.76. The van der Waals surface area contributed by atoms with Gasteiger partial charge in [0.25, 0.3) is 0 Å². The van der Waals surface area contributed by atoms with E-state index in [1.54, 1.807) is 0 Å². The number of aryl methyl sites for hydroxylation is 1. The van der Waals surface area contributed by atoms with E-state index < -0.39 is 0 Å². The monoisotopic (exact) mass is 333 g/mol. The molecule has 1 amide bonds. The molecule has 0 spiro atoms. The highest BCUT2D eigenvalue weighted by Crippen LogP contribution is 2.30. The van der Waals surface area contributed by atoms with Crippen LogP contribution >= 0.6 is 0 Å². The summed E-state index contributed by atoms with van der Waals surface area (Å²) in [5.41, 5.74) is 1.12. The number of amides is 1. The molecule has 5 nitrogen and oxygen atoms in total. The van der Waals surface area contributed by atoms with Gasteiger partial charge in [0.15, 0.2) is 11.5 Å². The van der Waals surface area contributed by atoms with E-state index in [4.69, 9.17) is 14.2 Å². The second kappa shape index (κ2) is 8.38. The molecule has 0 bridgehead atoms. The summed E-state index contributed by atoms with van der Waals surface area (Å²) in [6.45, 7) is 6.61. The molecule has 0 unspecified atom stereocenters. The van der Waals surface area contributed by atoms with Crippen LogP contribution in [0, 0.1) is 5.92 Å². The number of carbonyl (C=O) groups excluding carboxylic acids is 1. The first-order valence-electron chi connectivity index (χ1n) is 9.00. The number of fused-ring (bicyclic) bond motifs is 1. The van der Waals surface area contributed by atoms with Crippen molar-refractivity contribution in [3.63, 3.8) is 0 Å². The summed E-state index contributed by atoms with van der Waals surface area (Å²) >= 11 is 0. The van der Waals surface area contributed by atoms with Crippen molar-refractivity contribution in [1.29, 1.82) is 0 Å². The molecule has 1 atom stereocenters. The number of rotatable bonds is 6. The Morgan fingerprint density at radius 2 is 2.04 bits per heavy atom. The molecule has 1 fully saturated rings. The Kier molecular flexibility index (Phi) is 5.96. The van der Waals surface area contributed by atoms with Crippen molar-refractivity contribution >= 4 is 5.91 Å². The molecule has 5 heteroatoms. The standard InChI is InChI=1S/C19H27NO4/c1-2-20(13-16-8-11-22-14-16)19(21)7-5-15-4-6-17-18(12-15)24-10-3-9-23-17/h4,6,12,16H,2-3,5,7-11,13-14H2,1H3/t16-/m1/s1. The topological polar surface area (TPSA) is 48.0 Å². The van der Waals surface area contributed by atoms with Gasteiger partial charge in [0.1, 0.15) is 0 Å². The lowest BCUT2D eigenvalue weighted by Gasteiger charge is -2.23. The van der Waals surface area contributed by atoms with Crippen molar-refractivity contribution in [1.82, 2.24) is 4.90 Å². The Hall–Kier alpha value is -1.75. The van der Waals surface area contributed by atoms with Crippen molar-refractivity contribution in [2.24, 2.45) is 5.92 Å². The van der Waals surface area contributed by atoms with Gasteiger partial charge < -0.3 is 19.1 Å². The van der Waals surface area contributed by atoms with E-state index in [0.29, 0.717) is 25.6 Å². The smallest absolute Gasteiger partial charge is 0.222 e. The number of benzene rings is 1. The first-order valence-corrected chi connectivity index (χ1v) is 9.00. The zero-order valence-corrected chi connectivity index (χ0v) is 14.5. The van der Waals surface area contributed by atoms with Crippen LogP contribution in [-0.4, -0.2) is 50.3 Å². The molecule has 0 saturated carbocycles. The Morgan fingerprint density at radius 3 is 2.79 bits per heavy atom. The van der Waals surface area contributed by atoms with Crippen LogP contribution in [0.15, 0.2) is 18.2 Å². The molecular formula is C19H27NO4. The summed E-state index contributed by atoms with van der Waals surface area (Å²) in [4.78, 5) is 14.5. The van der Waals surface area contributed by atoms with E-state index in [-0.39, 0.29) is 5.91 Å². The minimum absolute atomic E-state index is 0.219. The Labute approximate surface area is 143 Å². The number of ether oxygens (including phenoxy) is 3. The number of carbonyl (C=O) groups is 1. The molecule has 2 aliphatic heterocycles. The van der Waals surface area contributed by atoms with Crippen molar-refractivity contribution in [3.8, 4) is 11.5 Å². The van der Waals surface area contributed by atoms with Crippen molar-refractivity contribution < 1.29 is 19.0 Å². The van der Waals surface area contributed by atoms with E-state index in [0.717, 1.165) is 62.6 Å². The minimum Gasteiger partial charge on any atom is -0.490 e. The van der Waals surface area contributed by atoms with E-state index in [1.807, 2.05) is 30.0 Å². The first kappa shape index (κ1) is 17.1. The normalized spacial score (nSPS) is 19.8. The fourth-order valence-electron chi connectivity index (χ4n) is 3.22. The lowest BCUT2D eigenvalue weighted by molar-refractivity contribution is -0.131. The highest BCUT2D eigenvalue weighted by Gasteiger charge is 2.21. The summed E-state index contributed by atoms with van der Waals surface area (Å²) in [5.74, 6) is 2.32. The lowest BCUT2D eigenvalue weighted by atomic mass is 10.1. The quantitative estimate of drug-likeness (QED) is 0.803. The summed E-state index contributed by atoms with van der Waals surface area (Å²) in [6.07, 6.45) is 3.22. The fourth-order valence-corrected chi connectivity index (χ4v) is 3.22. The summed E-state index contributed by atoms with van der Waals surface area (Å²) < 4.78 is 16.8. The summed E-state index contributed by atoms with van der Waals surface area (Å²) in [7, 11) is 0. The second-order valence-electron chi connectivity index (χ2n) is 6.49. The maximum Gasteiger partial charge on any atom is 0.222 e. The van der Waals surface area contributed by atoms with Crippen LogP contribution in [0.3, 0.4) is 0 Å². The maximum atomic E-state index is 12.5. The summed E-state index contributed by atoms with van der Waals surface area (Å²) in [6, 6.07) is 5.99. The molecule has 2 heterocycles. The molecule has 1 saturated heterocycles. The Bertz CT molecular complexity index is 554. The van der Waals surface area contributed by atoms with Crippen molar-refractivity contribution in [2.75, 3.05) is 39.5 Å². The molecule has 0 aromatic heterocycles. The van der Waals surface area contributed by atoms with Gasteiger partial charge in [-0.25, -0.2) is 0 Å². The van der Waals surface area contributed by atoms with E-state index in [2.05, 4.69) is 0 Å². The third kappa shape index (κ3) is 4.41. The van der Waals surface area contributed by atoms with Crippen molar-refractivity contribution in [2.45, 2.75) is 32.6 Å². The fraction of sp³-hybridized carbons (Fsp3) is 0.632. The average Bonchev–Trinajstić information content (AvgIpc) is 3.00. The lowest BCUT2D eigenvalue weighted by Crippen LogP contribution is -2.35. The minimum atomic E-state index is 0.219. The van der Waals surface area contributed by atoms with Gasteiger partial charge in [0.2, 0.25) is 5.91 Å². The average molecular weight is 333 g/mol. The van der Waals surface area contributed by atoms with Crippen molar-refractivity contribution in [3.05, 3.63) is 23.8 Å². The predicted molar refractivity (Wildman–Crippen MR) is 91.6 cm³/mol. The zero-order chi connectivity index (χ0) is 16.8. The third-order valence-electron chi connectivity index (χ3n) is 4.68. The first-order chi connectivity index (χ1) is 11.8. The van der Waals surface area contributed by atoms with Crippen LogP contribution in [0.5, 0.6) is 11.5 Å². The molecular weight excluding hydrogens is 306 g/mol. The SMILES string of the molecule is CCN(C[C@H]1CCOC1)C(=O)CCc1ccc2c(c1)OCCCO2. The molecule has 2 aliphatic rings. The number of hydrogen-bond donors (Lipinski definition) is 0. The number of hydrogen-bond acceptors (Lipinski definition) is 4. The molecule has 1 aromatic carbocycles. The maximum absolute atomic E-state index is 12.5. The summed E-state index contributed by atoms with van der Waals surface area (Å²) in [5, 5.41) is 0. The molecule has 1 aromatic rings. The van der Waals surface area contributed by atoms with E-state index in [9.17, 15) is 4.79 Å².